The van der Waals surface area contributed by atoms with Crippen LogP contribution in [0.5, 0.6) is 5.88 Å². The molecule has 1 aliphatic heterocycles. The molecule has 23 heavy (non-hydrogen) atoms. The largest absolute Gasteiger partial charge is 0.477 e. The normalized spacial score (nSPS) is 16.8. The van der Waals surface area contributed by atoms with Crippen LogP contribution in [-0.4, -0.2) is 61.2 Å². The Morgan fingerprint density at radius 1 is 1.22 bits per heavy atom. The highest BCUT2D eigenvalue weighted by Crippen LogP contribution is 2.31. The molecule has 0 radical (unpaired) electrons. The second-order valence-electron chi connectivity index (χ2n) is 6.03. The lowest BCUT2D eigenvalue weighted by Crippen LogP contribution is -2.44. The van der Waals surface area contributed by atoms with Gasteiger partial charge in [0.1, 0.15) is 5.82 Å². The van der Waals surface area contributed by atoms with E-state index in [1.807, 2.05) is 24.3 Å². The van der Waals surface area contributed by atoms with Gasteiger partial charge >= 0.3 is 0 Å². The minimum Gasteiger partial charge on any atom is -0.477 e. The molecule has 1 saturated heterocycles. The smallest absolute Gasteiger partial charge is 0.223 e. The Morgan fingerprint density at radius 2 is 2.00 bits per heavy atom. The van der Waals surface area contributed by atoms with Gasteiger partial charge in [-0.2, -0.15) is 4.98 Å². The quantitative estimate of drug-likeness (QED) is 0.810. The predicted octanol–water partition coefficient (Wildman–Crippen LogP) is 2.60. The molecule has 0 amide bonds. The van der Waals surface area contributed by atoms with Gasteiger partial charge in [-0.1, -0.05) is 22.0 Å². The molecular formula is C17H23BrN4O. The van der Waals surface area contributed by atoms with Crippen LogP contribution in [0.4, 0.5) is 5.82 Å². The fourth-order valence-electron chi connectivity index (χ4n) is 2.87. The Bertz CT molecular complexity index is 671. The van der Waals surface area contributed by atoms with Crippen LogP contribution in [0.15, 0.2) is 28.7 Å². The topological polar surface area (TPSA) is 54.6 Å². The molecule has 2 N–H and O–H groups in total. The number of rotatable bonds is 5. The number of likely N-dealkylation sites (N-methyl/N-ethyl adjacent to an activating group) is 1. The average molecular weight is 379 g/mol. The molecule has 0 unspecified atom stereocenters. The summed E-state index contributed by atoms with van der Waals surface area (Å²) in [6.07, 6.45) is 0.996. The average Bonchev–Trinajstić information content (AvgIpc) is 2.54. The second kappa shape index (κ2) is 7.47. The van der Waals surface area contributed by atoms with E-state index in [0.29, 0.717) is 18.3 Å². The van der Waals surface area contributed by atoms with Crippen LogP contribution in [0.3, 0.4) is 0 Å². The molecule has 0 atom stereocenters. The van der Waals surface area contributed by atoms with E-state index in [2.05, 4.69) is 37.8 Å². The SMILES string of the molecule is CN1CCN(CCCOc2nc(N)cc3c(Br)cccc23)CC1. The number of nitrogens with two attached hydrogens (primary N) is 1. The van der Waals surface area contributed by atoms with Crippen molar-refractivity contribution >= 4 is 32.5 Å². The zero-order valence-corrected chi connectivity index (χ0v) is 15.1. The van der Waals surface area contributed by atoms with Gasteiger partial charge in [-0.05, 0) is 31.7 Å². The lowest BCUT2D eigenvalue weighted by Gasteiger charge is -2.32. The summed E-state index contributed by atoms with van der Waals surface area (Å²) < 4.78 is 6.92. The molecule has 2 heterocycles. The molecule has 1 fully saturated rings. The zero-order valence-electron chi connectivity index (χ0n) is 13.5. The van der Waals surface area contributed by atoms with Gasteiger partial charge in [0.25, 0.3) is 0 Å². The van der Waals surface area contributed by atoms with Crippen molar-refractivity contribution in [1.82, 2.24) is 14.8 Å². The van der Waals surface area contributed by atoms with Gasteiger partial charge < -0.3 is 20.3 Å². The first-order chi connectivity index (χ1) is 11.1. The molecule has 3 rings (SSSR count). The monoisotopic (exact) mass is 378 g/mol. The molecule has 1 aliphatic rings. The first-order valence-electron chi connectivity index (χ1n) is 8.02. The lowest BCUT2D eigenvalue weighted by atomic mass is 10.1. The fourth-order valence-corrected chi connectivity index (χ4v) is 3.35. The number of pyridine rings is 1. The Hall–Kier alpha value is -1.37. The number of fused-ring (bicyclic) bond motifs is 1. The summed E-state index contributed by atoms with van der Waals surface area (Å²) in [6.45, 7) is 6.31. The van der Waals surface area contributed by atoms with Crippen LogP contribution in [0, 0.1) is 0 Å². The number of piperazine rings is 1. The molecule has 6 heteroatoms. The van der Waals surface area contributed by atoms with Gasteiger partial charge in [0.15, 0.2) is 0 Å². The maximum Gasteiger partial charge on any atom is 0.223 e. The standard InChI is InChI=1S/C17H23BrN4O/c1-21-7-9-22(10-8-21)6-3-11-23-17-13-4-2-5-15(18)14(13)12-16(19)20-17/h2,4-5,12H,3,6-11H2,1H3,(H2,19,20). The number of ether oxygens (including phenoxy) is 1. The second-order valence-corrected chi connectivity index (χ2v) is 6.89. The minimum absolute atomic E-state index is 0.485. The summed E-state index contributed by atoms with van der Waals surface area (Å²) in [7, 11) is 2.18. The number of nitrogens with zero attached hydrogens (tertiary/aromatic N) is 3. The van der Waals surface area contributed by atoms with Crippen LogP contribution in [-0.2, 0) is 0 Å². The van der Waals surface area contributed by atoms with E-state index in [4.69, 9.17) is 10.5 Å². The number of nitrogen functional groups attached to an aromatic ring is 1. The first-order valence-corrected chi connectivity index (χ1v) is 8.81. The molecule has 0 bridgehead atoms. The van der Waals surface area contributed by atoms with E-state index in [-0.39, 0.29) is 0 Å². The Kier molecular flexibility index (Phi) is 5.35. The number of hydrogen-bond donors (Lipinski definition) is 1. The highest BCUT2D eigenvalue weighted by Gasteiger charge is 2.13. The van der Waals surface area contributed by atoms with Crippen molar-refractivity contribution < 1.29 is 4.74 Å². The Labute approximate surface area is 145 Å². The van der Waals surface area contributed by atoms with Crippen LogP contribution < -0.4 is 10.5 Å². The van der Waals surface area contributed by atoms with Crippen molar-refractivity contribution in [1.29, 1.82) is 0 Å². The van der Waals surface area contributed by atoms with Gasteiger partial charge in [-0.15, -0.1) is 0 Å². The van der Waals surface area contributed by atoms with Crippen molar-refractivity contribution in [3.8, 4) is 5.88 Å². The zero-order chi connectivity index (χ0) is 16.2. The van der Waals surface area contributed by atoms with E-state index < -0.39 is 0 Å². The van der Waals surface area contributed by atoms with Crippen molar-refractivity contribution in [2.24, 2.45) is 0 Å². The Morgan fingerprint density at radius 3 is 2.78 bits per heavy atom. The fraction of sp³-hybridized carbons (Fsp3) is 0.471. The van der Waals surface area contributed by atoms with Crippen molar-refractivity contribution in [2.45, 2.75) is 6.42 Å². The third kappa shape index (κ3) is 4.13. The van der Waals surface area contributed by atoms with Crippen molar-refractivity contribution in [3.63, 3.8) is 0 Å². The van der Waals surface area contributed by atoms with E-state index in [9.17, 15) is 0 Å². The summed E-state index contributed by atoms with van der Waals surface area (Å²) in [6, 6.07) is 7.87. The molecule has 5 nitrogen and oxygen atoms in total. The number of aromatic nitrogens is 1. The van der Waals surface area contributed by atoms with Crippen LogP contribution >= 0.6 is 15.9 Å². The van der Waals surface area contributed by atoms with Gasteiger partial charge in [-0.25, -0.2) is 0 Å². The predicted molar refractivity (Wildman–Crippen MR) is 97.9 cm³/mol. The number of benzene rings is 1. The summed E-state index contributed by atoms with van der Waals surface area (Å²) in [5.74, 6) is 1.11. The van der Waals surface area contributed by atoms with Crippen LogP contribution in [0.25, 0.3) is 10.8 Å². The highest BCUT2D eigenvalue weighted by molar-refractivity contribution is 9.10. The summed E-state index contributed by atoms with van der Waals surface area (Å²) in [5, 5.41) is 2.03. The third-order valence-electron chi connectivity index (χ3n) is 4.26. The molecule has 124 valence electrons. The molecule has 0 spiro atoms. The van der Waals surface area contributed by atoms with Gasteiger partial charge in [0.2, 0.25) is 5.88 Å². The van der Waals surface area contributed by atoms with Crippen molar-refractivity contribution in [3.05, 3.63) is 28.7 Å². The maximum atomic E-state index is 5.92. The van der Waals surface area contributed by atoms with E-state index >= 15 is 0 Å². The molecular weight excluding hydrogens is 356 g/mol. The molecule has 0 aliphatic carbocycles. The van der Waals surface area contributed by atoms with E-state index in [0.717, 1.165) is 54.4 Å². The molecule has 1 aromatic carbocycles. The Balaban J connectivity index is 1.58. The van der Waals surface area contributed by atoms with Gasteiger partial charge in [0.05, 0.1) is 6.61 Å². The summed E-state index contributed by atoms with van der Waals surface area (Å²) in [5.41, 5.74) is 5.90. The van der Waals surface area contributed by atoms with Gasteiger partial charge in [-0.3, -0.25) is 0 Å². The number of hydrogen-bond acceptors (Lipinski definition) is 5. The van der Waals surface area contributed by atoms with E-state index in [1.165, 1.54) is 0 Å². The third-order valence-corrected chi connectivity index (χ3v) is 4.95. The van der Waals surface area contributed by atoms with Gasteiger partial charge in [0, 0.05) is 48.0 Å². The molecule has 1 aromatic heterocycles. The lowest BCUT2D eigenvalue weighted by molar-refractivity contribution is 0.145. The molecule has 0 saturated carbocycles. The van der Waals surface area contributed by atoms with Crippen LogP contribution in [0.2, 0.25) is 0 Å². The van der Waals surface area contributed by atoms with E-state index in [1.54, 1.807) is 0 Å². The number of anilines is 1. The maximum absolute atomic E-state index is 5.92. The number of halogens is 1. The molecule has 2 aromatic rings. The minimum atomic E-state index is 0.485. The summed E-state index contributed by atoms with van der Waals surface area (Å²) >= 11 is 3.55. The first kappa shape index (κ1) is 16.5. The van der Waals surface area contributed by atoms with Crippen molar-refractivity contribution in [2.75, 3.05) is 52.1 Å². The summed E-state index contributed by atoms with van der Waals surface area (Å²) in [4.78, 5) is 9.21. The van der Waals surface area contributed by atoms with Crippen LogP contribution in [0.1, 0.15) is 6.42 Å². The highest BCUT2D eigenvalue weighted by atomic mass is 79.9.